The molecule has 2 nitrogen and oxygen atoms in total. The van der Waals surface area contributed by atoms with E-state index < -0.39 is 0 Å². The Morgan fingerprint density at radius 2 is 0.769 bits per heavy atom. The van der Waals surface area contributed by atoms with Gasteiger partial charge in [0.2, 0.25) is 0 Å². The van der Waals surface area contributed by atoms with E-state index in [1.54, 1.807) is 0 Å². The minimum absolute atomic E-state index is 0.830. The Morgan fingerprint density at radius 3 is 1.12 bits per heavy atom. The van der Waals surface area contributed by atoms with Crippen LogP contribution in [0.1, 0.15) is 51.4 Å². The Hall–Kier alpha value is -0.500. The lowest BCUT2D eigenvalue weighted by atomic mass is 10.1. The van der Waals surface area contributed by atoms with Crippen LogP contribution in [0.25, 0.3) is 0 Å². The van der Waals surface area contributed by atoms with Gasteiger partial charge in [-0.25, -0.2) is 0 Å². The molecule has 2 rings (SSSR count). The second-order valence-electron chi connectivity index (χ2n) is 6.43. The van der Waals surface area contributed by atoms with E-state index in [2.05, 4.69) is 69.4 Å². The molecule has 0 spiro atoms. The fourth-order valence-electron chi connectivity index (χ4n) is 2.71. The summed E-state index contributed by atoms with van der Waals surface area (Å²) in [4.78, 5) is 0. The van der Waals surface area contributed by atoms with Crippen LogP contribution in [0.15, 0.2) is 48.5 Å². The monoisotopic (exact) mass is 578 g/mol. The fraction of sp³-hybridized carbons (Fsp3) is 0.455. The van der Waals surface area contributed by atoms with Crippen molar-refractivity contribution in [2.75, 3.05) is 13.2 Å². The van der Waals surface area contributed by atoms with Gasteiger partial charge in [-0.3, -0.25) is 0 Å². The molecule has 0 radical (unpaired) electrons. The van der Waals surface area contributed by atoms with Crippen molar-refractivity contribution in [3.63, 3.8) is 0 Å². The highest BCUT2D eigenvalue weighted by atomic mass is 127. The summed E-state index contributed by atoms with van der Waals surface area (Å²) in [6.07, 6.45) is 10.1. The predicted octanol–water partition coefficient (Wildman–Crippen LogP) is 7.47. The van der Waals surface area contributed by atoms with E-state index in [9.17, 15) is 0 Å². The number of unbranched alkanes of at least 4 members (excludes halogenated alkanes) is 7. The molecule has 0 aliphatic carbocycles. The van der Waals surface area contributed by atoms with E-state index in [0.717, 1.165) is 37.6 Å². The molecule has 0 heterocycles. The van der Waals surface area contributed by atoms with E-state index in [1.807, 2.05) is 24.3 Å². The van der Waals surface area contributed by atoms with Crippen molar-refractivity contribution in [3.8, 4) is 11.5 Å². The van der Waals surface area contributed by atoms with Gasteiger partial charge in [-0.1, -0.05) is 38.5 Å². The molecule has 142 valence electrons. The van der Waals surface area contributed by atoms with Gasteiger partial charge in [-0.2, -0.15) is 0 Å². The zero-order chi connectivity index (χ0) is 18.5. The first kappa shape index (κ1) is 21.8. The number of hydrogen-bond donors (Lipinski definition) is 0. The average molecular weight is 578 g/mol. The third-order valence-corrected chi connectivity index (χ3v) is 5.64. The molecule has 0 aromatic heterocycles. The van der Waals surface area contributed by atoms with Crippen LogP contribution < -0.4 is 9.47 Å². The standard InChI is InChI=1S/C22H28I2O2/c23-19-9-13-21(14-10-19)25-17-7-5-3-1-2-4-6-8-18-26-22-15-11-20(24)12-16-22/h9-16H,1-8,17-18H2. The van der Waals surface area contributed by atoms with Crippen LogP contribution in [0, 0.1) is 7.14 Å². The second-order valence-corrected chi connectivity index (χ2v) is 8.92. The third kappa shape index (κ3) is 10.00. The number of halogens is 2. The van der Waals surface area contributed by atoms with Gasteiger partial charge in [-0.05, 0) is 107 Å². The van der Waals surface area contributed by atoms with Crippen LogP contribution in [0.5, 0.6) is 11.5 Å². The summed E-state index contributed by atoms with van der Waals surface area (Å²) in [5, 5.41) is 0. The van der Waals surface area contributed by atoms with Crippen molar-refractivity contribution in [3.05, 3.63) is 55.7 Å². The van der Waals surface area contributed by atoms with E-state index in [-0.39, 0.29) is 0 Å². The number of benzene rings is 2. The summed E-state index contributed by atoms with van der Waals surface area (Å²) in [6.45, 7) is 1.66. The first-order chi connectivity index (χ1) is 12.7. The second kappa shape index (κ2) is 13.6. The number of rotatable bonds is 13. The van der Waals surface area contributed by atoms with Gasteiger partial charge in [-0.15, -0.1) is 0 Å². The van der Waals surface area contributed by atoms with Gasteiger partial charge in [0, 0.05) is 7.14 Å². The normalized spacial score (nSPS) is 10.7. The molecule has 0 aliphatic heterocycles. The predicted molar refractivity (Wildman–Crippen MR) is 126 cm³/mol. The maximum Gasteiger partial charge on any atom is 0.119 e. The van der Waals surface area contributed by atoms with Gasteiger partial charge in [0.15, 0.2) is 0 Å². The van der Waals surface area contributed by atoms with Crippen molar-refractivity contribution in [1.82, 2.24) is 0 Å². The molecule has 2 aromatic carbocycles. The minimum atomic E-state index is 0.830. The minimum Gasteiger partial charge on any atom is -0.494 e. The van der Waals surface area contributed by atoms with Crippen LogP contribution in [-0.2, 0) is 0 Å². The molecule has 0 saturated carbocycles. The lowest BCUT2D eigenvalue weighted by Crippen LogP contribution is -1.97. The van der Waals surface area contributed by atoms with Crippen LogP contribution in [0.3, 0.4) is 0 Å². The first-order valence-electron chi connectivity index (χ1n) is 9.51. The Kier molecular flexibility index (Phi) is 11.4. The summed E-state index contributed by atoms with van der Waals surface area (Å²) in [5.41, 5.74) is 0. The SMILES string of the molecule is Ic1ccc(OCCCCCCCCCCOc2ccc(I)cc2)cc1. The van der Waals surface area contributed by atoms with Crippen molar-refractivity contribution < 1.29 is 9.47 Å². The molecule has 0 unspecified atom stereocenters. The zero-order valence-electron chi connectivity index (χ0n) is 15.3. The van der Waals surface area contributed by atoms with Crippen LogP contribution in [0.4, 0.5) is 0 Å². The highest BCUT2D eigenvalue weighted by molar-refractivity contribution is 14.1. The van der Waals surface area contributed by atoms with Crippen molar-refractivity contribution >= 4 is 45.2 Å². The highest BCUT2D eigenvalue weighted by Crippen LogP contribution is 2.16. The molecule has 26 heavy (non-hydrogen) atoms. The molecule has 0 saturated heterocycles. The van der Waals surface area contributed by atoms with E-state index in [1.165, 1.54) is 45.7 Å². The van der Waals surface area contributed by atoms with Crippen LogP contribution in [0.2, 0.25) is 0 Å². The average Bonchev–Trinajstić information content (AvgIpc) is 2.65. The molecule has 0 fully saturated rings. The fourth-order valence-corrected chi connectivity index (χ4v) is 3.43. The zero-order valence-corrected chi connectivity index (χ0v) is 19.6. The maximum atomic E-state index is 5.76. The van der Waals surface area contributed by atoms with Gasteiger partial charge in [0.05, 0.1) is 13.2 Å². The molecule has 0 amide bonds. The Balaban J connectivity index is 1.35. The molecular formula is C22H28I2O2. The molecule has 0 bridgehead atoms. The Morgan fingerprint density at radius 1 is 0.462 bits per heavy atom. The lowest BCUT2D eigenvalue weighted by molar-refractivity contribution is 0.301. The van der Waals surface area contributed by atoms with Crippen molar-refractivity contribution in [1.29, 1.82) is 0 Å². The Labute approximate surface area is 185 Å². The van der Waals surface area contributed by atoms with Gasteiger partial charge < -0.3 is 9.47 Å². The molecular weight excluding hydrogens is 550 g/mol. The van der Waals surface area contributed by atoms with Crippen LogP contribution in [-0.4, -0.2) is 13.2 Å². The highest BCUT2D eigenvalue weighted by Gasteiger charge is 1.97. The van der Waals surface area contributed by atoms with E-state index >= 15 is 0 Å². The maximum absolute atomic E-state index is 5.76. The topological polar surface area (TPSA) is 18.5 Å². The lowest BCUT2D eigenvalue weighted by Gasteiger charge is -2.07. The Bertz CT molecular complexity index is 541. The summed E-state index contributed by atoms with van der Waals surface area (Å²) in [5.74, 6) is 1.97. The summed E-state index contributed by atoms with van der Waals surface area (Å²) < 4.78 is 14.0. The number of ether oxygens (including phenoxy) is 2. The molecule has 2 aromatic rings. The summed E-state index contributed by atoms with van der Waals surface area (Å²) in [7, 11) is 0. The molecule has 0 N–H and O–H groups in total. The van der Waals surface area contributed by atoms with Crippen molar-refractivity contribution in [2.24, 2.45) is 0 Å². The van der Waals surface area contributed by atoms with Crippen molar-refractivity contribution in [2.45, 2.75) is 51.4 Å². The van der Waals surface area contributed by atoms with E-state index in [0.29, 0.717) is 0 Å². The van der Waals surface area contributed by atoms with Gasteiger partial charge >= 0.3 is 0 Å². The van der Waals surface area contributed by atoms with Gasteiger partial charge in [0.1, 0.15) is 11.5 Å². The van der Waals surface area contributed by atoms with E-state index in [4.69, 9.17) is 9.47 Å². The third-order valence-electron chi connectivity index (χ3n) is 4.20. The van der Waals surface area contributed by atoms with Gasteiger partial charge in [0.25, 0.3) is 0 Å². The molecule has 4 heteroatoms. The quantitative estimate of drug-likeness (QED) is 0.181. The smallest absolute Gasteiger partial charge is 0.119 e. The summed E-state index contributed by atoms with van der Waals surface area (Å²) >= 11 is 4.62. The largest absolute Gasteiger partial charge is 0.494 e. The molecule has 0 atom stereocenters. The number of hydrogen-bond acceptors (Lipinski definition) is 2. The van der Waals surface area contributed by atoms with Crippen LogP contribution >= 0.6 is 45.2 Å². The molecule has 0 aliphatic rings. The first-order valence-corrected chi connectivity index (χ1v) is 11.7. The summed E-state index contributed by atoms with van der Waals surface area (Å²) in [6, 6.07) is 16.5.